The van der Waals surface area contributed by atoms with Gasteiger partial charge in [-0.05, 0) is 15.4 Å². The number of carbonyl (C=O) groups is 1. The highest BCUT2D eigenvalue weighted by atomic mass is 35.5. The maximum atomic E-state index is 12.1. The molecule has 0 aliphatic rings. The van der Waals surface area contributed by atoms with Gasteiger partial charge >= 0.3 is 14.3 Å². The van der Waals surface area contributed by atoms with E-state index in [4.69, 9.17) is 16.0 Å². The Bertz CT molecular complexity index is 581. The Morgan fingerprint density at radius 1 is 0.955 bits per heavy atom. The van der Waals surface area contributed by atoms with Crippen molar-refractivity contribution in [1.29, 1.82) is 0 Å². The van der Waals surface area contributed by atoms with Crippen LogP contribution in [0.1, 0.15) is 20.8 Å². The van der Waals surface area contributed by atoms with E-state index >= 15 is 0 Å². The lowest BCUT2D eigenvalue weighted by atomic mass is 10.2. The standard InChI is InChI=1S/C18H21ClO2Si/c1-18(2,3)22(21-17(20)14-19,15-10-6-4-7-11-15)16-12-8-5-9-13-16/h4-13H,14H2,1-3H3. The lowest BCUT2D eigenvalue weighted by Crippen LogP contribution is -2.67. The minimum atomic E-state index is -2.77. The molecular formula is C18H21ClO2Si. The monoisotopic (exact) mass is 332 g/mol. The van der Waals surface area contributed by atoms with Crippen LogP contribution in [-0.2, 0) is 9.22 Å². The molecule has 0 saturated carbocycles. The molecular weight excluding hydrogens is 312 g/mol. The molecule has 0 N–H and O–H groups in total. The number of rotatable bonds is 4. The van der Waals surface area contributed by atoms with E-state index in [2.05, 4.69) is 20.8 Å². The highest BCUT2D eigenvalue weighted by Gasteiger charge is 2.52. The number of hydrogen-bond donors (Lipinski definition) is 0. The molecule has 2 rings (SSSR count). The van der Waals surface area contributed by atoms with Crippen LogP contribution in [0.4, 0.5) is 0 Å². The fourth-order valence-corrected chi connectivity index (χ4v) is 7.34. The van der Waals surface area contributed by atoms with Gasteiger partial charge in [-0.25, -0.2) is 0 Å². The zero-order valence-electron chi connectivity index (χ0n) is 13.2. The van der Waals surface area contributed by atoms with Crippen molar-refractivity contribution in [2.75, 3.05) is 5.88 Å². The summed E-state index contributed by atoms with van der Waals surface area (Å²) in [5, 5.41) is 1.94. The van der Waals surface area contributed by atoms with E-state index in [0.717, 1.165) is 10.4 Å². The van der Waals surface area contributed by atoms with Gasteiger partial charge < -0.3 is 4.43 Å². The smallest absolute Gasteiger partial charge is 0.323 e. The second kappa shape index (κ2) is 6.67. The van der Waals surface area contributed by atoms with E-state index in [9.17, 15) is 4.79 Å². The zero-order chi connectivity index (χ0) is 16.2. The summed E-state index contributed by atoms with van der Waals surface area (Å²) >= 11 is 5.73. The predicted octanol–water partition coefficient (Wildman–Crippen LogP) is 3.33. The van der Waals surface area contributed by atoms with Crippen LogP contribution in [0, 0.1) is 0 Å². The third-order valence-electron chi connectivity index (χ3n) is 3.79. The number of hydrogen-bond acceptors (Lipinski definition) is 2. The maximum absolute atomic E-state index is 12.1. The Labute approximate surface area is 138 Å². The largest absolute Gasteiger partial charge is 0.509 e. The topological polar surface area (TPSA) is 26.3 Å². The van der Waals surface area contributed by atoms with Crippen molar-refractivity contribution < 1.29 is 9.22 Å². The van der Waals surface area contributed by atoms with E-state index in [-0.39, 0.29) is 16.9 Å². The van der Waals surface area contributed by atoms with Crippen LogP contribution in [0.5, 0.6) is 0 Å². The average molecular weight is 333 g/mol. The molecule has 0 heterocycles. The number of carbonyl (C=O) groups excluding carboxylic acids is 1. The van der Waals surface area contributed by atoms with Gasteiger partial charge in [0, 0.05) is 0 Å². The molecule has 2 aromatic rings. The van der Waals surface area contributed by atoms with Crippen molar-refractivity contribution in [2.24, 2.45) is 0 Å². The SMILES string of the molecule is CC(C)(C)[Si](OC(=O)CCl)(c1ccccc1)c1ccccc1. The van der Waals surface area contributed by atoms with Crippen LogP contribution < -0.4 is 10.4 Å². The summed E-state index contributed by atoms with van der Waals surface area (Å²) in [4.78, 5) is 12.1. The third kappa shape index (κ3) is 3.11. The number of halogens is 1. The molecule has 0 bridgehead atoms. The minimum Gasteiger partial charge on any atom is -0.509 e. The van der Waals surface area contributed by atoms with Gasteiger partial charge in [0.15, 0.2) is 0 Å². The zero-order valence-corrected chi connectivity index (χ0v) is 14.9. The van der Waals surface area contributed by atoms with Gasteiger partial charge in [-0.1, -0.05) is 81.4 Å². The first kappa shape index (κ1) is 16.8. The summed E-state index contributed by atoms with van der Waals surface area (Å²) in [6.07, 6.45) is 0. The Balaban J connectivity index is 2.73. The molecule has 0 saturated heterocycles. The van der Waals surface area contributed by atoms with Gasteiger partial charge in [-0.2, -0.15) is 0 Å². The molecule has 0 unspecified atom stereocenters. The first-order chi connectivity index (χ1) is 10.4. The highest BCUT2D eigenvalue weighted by molar-refractivity contribution is 7.00. The van der Waals surface area contributed by atoms with Crippen LogP contribution >= 0.6 is 11.6 Å². The normalized spacial score (nSPS) is 12.0. The molecule has 2 aromatic carbocycles. The molecule has 0 radical (unpaired) electrons. The van der Waals surface area contributed by atoms with Gasteiger partial charge in [0.1, 0.15) is 5.88 Å². The Hall–Kier alpha value is -1.58. The van der Waals surface area contributed by atoms with Crippen molar-refractivity contribution in [3.05, 3.63) is 60.7 Å². The molecule has 2 nitrogen and oxygen atoms in total. The van der Waals surface area contributed by atoms with Gasteiger partial charge in [0.25, 0.3) is 0 Å². The van der Waals surface area contributed by atoms with Crippen LogP contribution in [0.15, 0.2) is 60.7 Å². The van der Waals surface area contributed by atoms with Crippen molar-refractivity contribution in [2.45, 2.75) is 25.8 Å². The summed E-state index contributed by atoms with van der Waals surface area (Å²) in [5.41, 5.74) is 0. The van der Waals surface area contributed by atoms with E-state index in [1.54, 1.807) is 0 Å². The van der Waals surface area contributed by atoms with E-state index in [1.165, 1.54) is 0 Å². The summed E-state index contributed by atoms with van der Waals surface area (Å²) in [6.45, 7) is 6.38. The second-order valence-corrected chi connectivity index (χ2v) is 10.8. The van der Waals surface area contributed by atoms with Gasteiger partial charge in [0.2, 0.25) is 0 Å². The maximum Gasteiger partial charge on any atom is 0.323 e. The minimum absolute atomic E-state index is 0.134. The fraction of sp³-hybridized carbons (Fsp3) is 0.278. The Morgan fingerprint density at radius 3 is 1.68 bits per heavy atom. The van der Waals surface area contributed by atoms with Crippen LogP contribution in [0.25, 0.3) is 0 Å². The molecule has 4 heteroatoms. The summed E-state index contributed by atoms with van der Waals surface area (Å²) in [5.74, 6) is -0.499. The van der Waals surface area contributed by atoms with Crippen molar-refractivity contribution in [3.8, 4) is 0 Å². The van der Waals surface area contributed by atoms with Gasteiger partial charge in [0.05, 0.1) is 0 Å². The lowest BCUT2D eigenvalue weighted by molar-refractivity contribution is -0.132. The second-order valence-electron chi connectivity index (χ2n) is 6.27. The molecule has 0 aliphatic carbocycles. The van der Waals surface area contributed by atoms with E-state index in [0.29, 0.717) is 0 Å². The summed E-state index contributed by atoms with van der Waals surface area (Å²) in [6, 6.07) is 20.1. The van der Waals surface area contributed by atoms with Gasteiger partial charge in [-0.15, -0.1) is 11.6 Å². The highest BCUT2D eigenvalue weighted by Crippen LogP contribution is 2.36. The number of alkyl halides is 1. The molecule has 0 spiro atoms. The van der Waals surface area contributed by atoms with E-state index in [1.807, 2.05) is 60.7 Å². The Kier molecular flexibility index (Phi) is 5.09. The quantitative estimate of drug-likeness (QED) is 0.634. The molecule has 116 valence electrons. The number of benzene rings is 2. The predicted molar refractivity (Wildman–Crippen MR) is 94.4 cm³/mol. The molecule has 0 amide bonds. The Morgan fingerprint density at radius 2 is 1.36 bits per heavy atom. The van der Waals surface area contributed by atoms with Crippen molar-refractivity contribution in [3.63, 3.8) is 0 Å². The third-order valence-corrected chi connectivity index (χ3v) is 8.95. The first-order valence-electron chi connectivity index (χ1n) is 7.30. The fourth-order valence-electron chi connectivity index (χ4n) is 2.85. The van der Waals surface area contributed by atoms with Gasteiger partial charge in [-0.3, -0.25) is 4.79 Å². The molecule has 0 aliphatic heterocycles. The lowest BCUT2D eigenvalue weighted by Gasteiger charge is -2.41. The molecule has 0 atom stereocenters. The van der Waals surface area contributed by atoms with Crippen molar-refractivity contribution >= 4 is 36.3 Å². The molecule has 22 heavy (non-hydrogen) atoms. The molecule has 0 fully saturated rings. The first-order valence-corrected chi connectivity index (χ1v) is 9.75. The average Bonchev–Trinajstić information content (AvgIpc) is 2.52. The van der Waals surface area contributed by atoms with E-state index < -0.39 is 8.32 Å². The van der Waals surface area contributed by atoms with Crippen molar-refractivity contribution in [1.82, 2.24) is 0 Å². The summed E-state index contributed by atoms with van der Waals surface area (Å²) in [7, 11) is -2.77. The summed E-state index contributed by atoms with van der Waals surface area (Å²) < 4.78 is 6.09. The molecule has 0 aromatic heterocycles. The van der Waals surface area contributed by atoms with Crippen LogP contribution in [0.2, 0.25) is 5.04 Å². The van der Waals surface area contributed by atoms with Crippen LogP contribution in [-0.4, -0.2) is 20.2 Å². The van der Waals surface area contributed by atoms with Crippen LogP contribution in [0.3, 0.4) is 0 Å².